The third-order valence-electron chi connectivity index (χ3n) is 7.52. The van der Waals surface area contributed by atoms with Crippen LogP contribution in [0, 0.1) is 0 Å². The summed E-state index contributed by atoms with van der Waals surface area (Å²) in [5.41, 5.74) is 5.43. The van der Waals surface area contributed by atoms with Gasteiger partial charge in [-0.2, -0.15) is 0 Å². The van der Waals surface area contributed by atoms with Gasteiger partial charge in [0, 0.05) is 25.9 Å². The summed E-state index contributed by atoms with van der Waals surface area (Å²) in [6.45, 7) is 13.8. The summed E-state index contributed by atoms with van der Waals surface area (Å²) >= 11 is 0. The van der Waals surface area contributed by atoms with Crippen molar-refractivity contribution in [2.24, 2.45) is 0 Å². The standard InChI is InChI=1S/C26H37NO.C8H7F2NO.C2H6.CH4O.CH2O/c1-5-7-8-9-10-11-20(3)21-12-14-22(15-13-21)23-16-17-25-26(18-23)28-24(6-2)19-27(25)4;9-7-3-1-2-6(11-5-12)4-8(7)10;3*1-2/h12-18,20,24H,5-11,19H2,1-4H3;2-5H,1H2,(H,11,12);1-2H3;2H,1H3;1H2/t20-,24?;;;;/m1..../s1. The van der Waals surface area contributed by atoms with Crippen molar-refractivity contribution in [3.05, 3.63) is 83.6 Å². The van der Waals surface area contributed by atoms with Crippen molar-refractivity contribution in [1.82, 2.24) is 5.32 Å². The number of allylic oxidation sites excluding steroid dienone is 5. The zero-order valence-corrected chi connectivity index (χ0v) is 29.0. The molecule has 256 valence electrons. The van der Waals surface area contributed by atoms with Gasteiger partial charge in [0.1, 0.15) is 18.6 Å². The second kappa shape index (κ2) is 25.4. The molecule has 2 aromatic rings. The van der Waals surface area contributed by atoms with Crippen molar-refractivity contribution in [2.75, 3.05) is 25.6 Å². The van der Waals surface area contributed by atoms with Crippen LogP contribution in [0.5, 0.6) is 5.75 Å². The first-order chi connectivity index (χ1) is 22.4. The number of nitrogens with one attached hydrogen (secondary N) is 1. The number of hydrogen-bond donors (Lipinski definition) is 2. The number of nitrogens with zero attached hydrogens (tertiary/aromatic N) is 1. The van der Waals surface area contributed by atoms with Crippen molar-refractivity contribution in [1.29, 1.82) is 0 Å². The van der Waals surface area contributed by atoms with Gasteiger partial charge in [0.2, 0.25) is 6.41 Å². The number of benzene rings is 2. The zero-order valence-electron chi connectivity index (χ0n) is 29.0. The molecule has 0 saturated carbocycles. The van der Waals surface area contributed by atoms with Crippen LogP contribution in [0.2, 0.25) is 0 Å². The summed E-state index contributed by atoms with van der Waals surface area (Å²) in [4.78, 5) is 20.3. The molecule has 4 rings (SSSR count). The molecule has 2 aromatic carbocycles. The topological polar surface area (TPSA) is 78.9 Å². The molecule has 0 saturated heterocycles. The van der Waals surface area contributed by atoms with Gasteiger partial charge in [0.25, 0.3) is 0 Å². The molecule has 2 aliphatic rings. The number of carbonyl (C=O) groups excluding carboxylic acids is 2. The highest BCUT2D eigenvalue weighted by Gasteiger charge is 2.22. The normalized spacial score (nSPS) is 15.2. The number of aliphatic hydroxyl groups excluding tert-OH is 1. The zero-order chi connectivity index (χ0) is 34.9. The van der Waals surface area contributed by atoms with Crippen molar-refractivity contribution in [3.63, 3.8) is 0 Å². The van der Waals surface area contributed by atoms with Crippen LogP contribution in [0.4, 0.5) is 14.5 Å². The number of likely N-dealkylation sites (N-methyl/N-ethyl adjacent to an activating group) is 1. The number of amides is 1. The van der Waals surface area contributed by atoms with E-state index >= 15 is 0 Å². The smallest absolute Gasteiger partial charge is 0.211 e. The molecular weight excluding hydrogens is 586 g/mol. The van der Waals surface area contributed by atoms with Crippen LogP contribution in [0.3, 0.4) is 0 Å². The quantitative estimate of drug-likeness (QED) is 0.189. The highest BCUT2D eigenvalue weighted by atomic mass is 19.2. The number of aliphatic hydroxyl groups is 1. The number of rotatable bonds is 11. The summed E-state index contributed by atoms with van der Waals surface area (Å²) in [5, 5.41) is 9.24. The van der Waals surface area contributed by atoms with Gasteiger partial charge in [-0.15, -0.1) is 0 Å². The summed E-state index contributed by atoms with van der Waals surface area (Å²) < 4.78 is 31.4. The molecule has 1 aliphatic heterocycles. The van der Waals surface area contributed by atoms with Crippen molar-refractivity contribution in [3.8, 4) is 16.9 Å². The second-order valence-corrected chi connectivity index (χ2v) is 10.6. The molecule has 2 atom stereocenters. The summed E-state index contributed by atoms with van der Waals surface area (Å²) in [6, 6.07) is 15.8. The molecule has 2 N–H and O–H groups in total. The van der Waals surface area contributed by atoms with Gasteiger partial charge in [-0.3, -0.25) is 4.79 Å². The Balaban J connectivity index is 0.000000940. The Kier molecular flexibility index (Phi) is 23.3. The highest BCUT2D eigenvalue weighted by Crippen LogP contribution is 2.37. The minimum atomic E-state index is -0.965. The van der Waals surface area contributed by atoms with Gasteiger partial charge in [-0.05, 0) is 60.1 Å². The molecule has 1 amide bonds. The lowest BCUT2D eigenvalue weighted by atomic mass is 9.93. The second-order valence-electron chi connectivity index (χ2n) is 10.6. The van der Waals surface area contributed by atoms with E-state index in [1.807, 2.05) is 20.6 Å². The molecule has 1 aliphatic carbocycles. The first-order valence-electron chi connectivity index (χ1n) is 16.4. The third-order valence-corrected chi connectivity index (χ3v) is 7.52. The van der Waals surface area contributed by atoms with Crippen LogP contribution in [0.25, 0.3) is 11.1 Å². The van der Waals surface area contributed by atoms with Crippen LogP contribution in [-0.2, 0) is 9.59 Å². The van der Waals surface area contributed by atoms with Crippen molar-refractivity contribution in [2.45, 2.75) is 98.0 Å². The molecule has 1 unspecified atom stereocenters. The molecule has 8 heteroatoms. The molecule has 0 fully saturated rings. The van der Waals surface area contributed by atoms with Gasteiger partial charge in [0.05, 0.1) is 12.2 Å². The highest BCUT2D eigenvalue weighted by molar-refractivity contribution is 5.72. The summed E-state index contributed by atoms with van der Waals surface area (Å²) in [6.07, 6.45) is 13.7. The van der Waals surface area contributed by atoms with Gasteiger partial charge in [-0.1, -0.05) is 103 Å². The fourth-order valence-electron chi connectivity index (χ4n) is 4.98. The summed E-state index contributed by atoms with van der Waals surface area (Å²) in [5.74, 6) is -0.203. The maximum absolute atomic E-state index is 12.6. The number of carbonyl (C=O) groups is 2. The van der Waals surface area contributed by atoms with Crippen LogP contribution >= 0.6 is 0 Å². The molecule has 6 nitrogen and oxygen atoms in total. The van der Waals surface area contributed by atoms with E-state index in [0.717, 1.165) is 38.0 Å². The molecule has 0 aromatic heterocycles. The Bertz CT molecular complexity index is 1210. The van der Waals surface area contributed by atoms with E-state index in [2.05, 4.69) is 80.5 Å². The Morgan fingerprint density at radius 3 is 2.22 bits per heavy atom. The number of halogens is 2. The van der Waals surface area contributed by atoms with E-state index in [9.17, 15) is 13.6 Å². The maximum Gasteiger partial charge on any atom is 0.211 e. The lowest BCUT2D eigenvalue weighted by molar-refractivity contribution is -0.108. The molecule has 0 radical (unpaired) electrons. The predicted octanol–water partition coefficient (Wildman–Crippen LogP) is 9.60. The van der Waals surface area contributed by atoms with Gasteiger partial charge in [0.15, 0.2) is 11.7 Å². The molecule has 1 heterocycles. The Morgan fingerprint density at radius 2 is 1.61 bits per heavy atom. The molecular formula is C38H56F2N2O4. The Morgan fingerprint density at radius 1 is 0.978 bits per heavy atom. The monoisotopic (exact) mass is 642 g/mol. The van der Waals surface area contributed by atoms with Gasteiger partial charge >= 0.3 is 0 Å². The number of fused-ring (bicyclic) bond motifs is 1. The van der Waals surface area contributed by atoms with E-state index < -0.39 is 11.7 Å². The van der Waals surface area contributed by atoms with Crippen LogP contribution in [0.15, 0.2) is 78.0 Å². The summed E-state index contributed by atoms with van der Waals surface area (Å²) in [7, 11) is 3.15. The van der Waals surface area contributed by atoms with E-state index in [4.69, 9.17) is 14.6 Å². The van der Waals surface area contributed by atoms with E-state index in [1.165, 1.54) is 67.0 Å². The third kappa shape index (κ3) is 14.5. The molecule has 0 bridgehead atoms. The average Bonchev–Trinajstić information content (AvgIpc) is 3.26. The fourth-order valence-corrected chi connectivity index (χ4v) is 4.98. The van der Waals surface area contributed by atoms with E-state index in [-0.39, 0.29) is 18.2 Å². The lowest BCUT2D eigenvalue weighted by Gasteiger charge is -2.33. The fraction of sp³-hybridized carbons (Fsp3) is 0.474. The minimum Gasteiger partial charge on any atom is -0.486 e. The maximum atomic E-state index is 12.6. The predicted molar refractivity (Wildman–Crippen MR) is 189 cm³/mol. The van der Waals surface area contributed by atoms with Crippen LogP contribution in [-0.4, -0.2) is 45.1 Å². The van der Waals surface area contributed by atoms with Crippen molar-refractivity contribution < 1.29 is 28.2 Å². The van der Waals surface area contributed by atoms with Gasteiger partial charge < -0.3 is 24.9 Å². The van der Waals surface area contributed by atoms with E-state index in [0.29, 0.717) is 12.3 Å². The SMILES string of the molecule is C=O.CC.CCCCCCC[C@@H](C)c1ccc(-c2ccc3c(c2)OC(CC)CN3C)cc1.CO.O=CNC1=CCC=C(F)C(F)=C1. The average molecular weight is 643 g/mol. The van der Waals surface area contributed by atoms with Crippen molar-refractivity contribution >= 4 is 18.9 Å². The van der Waals surface area contributed by atoms with Crippen LogP contribution in [0.1, 0.15) is 97.5 Å². The molecule has 0 spiro atoms. The Labute approximate surface area is 276 Å². The first kappa shape index (κ1) is 42.2. The number of anilines is 1. The Hall–Kier alpha value is -3.78. The first-order valence-corrected chi connectivity index (χ1v) is 16.4. The van der Waals surface area contributed by atoms with Gasteiger partial charge in [-0.25, -0.2) is 8.78 Å². The number of hydrogen-bond acceptors (Lipinski definition) is 5. The number of ether oxygens (including phenoxy) is 1. The minimum absolute atomic E-state index is 0.270. The number of unbranched alkanes of at least 4 members (excludes halogenated alkanes) is 4. The molecule has 46 heavy (non-hydrogen) atoms. The largest absolute Gasteiger partial charge is 0.486 e. The lowest BCUT2D eigenvalue weighted by Crippen LogP contribution is -2.37. The van der Waals surface area contributed by atoms with E-state index in [1.54, 1.807) is 0 Å². The van der Waals surface area contributed by atoms with Crippen LogP contribution < -0.4 is 15.0 Å².